The number of rotatable bonds is 5. The summed E-state index contributed by atoms with van der Waals surface area (Å²) in [5.41, 5.74) is -0.250. The van der Waals surface area contributed by atoms with E-state index in [4.69, 9.17) is 11.6 Å². The van der Waals surface area contributed by atoms with E-state index < -0.39 is 4.92 Å². The van der Waals surface area contributed by atoms with Gasteiger partial charge in [-0.25, -0.2) is 9.97 Å². The Hall–Kier alpha value is -1.43. The van der Waals surface area contributed by atoms with E-state index in [9.17, 15) is 10.1 Å². The zero-order valence-electron chi connectivity index (χ0n) is 8.52. The molecule has 16 heavy (non-hydrogen) atoms. The van der Waals surface area contributed by atoms with Crippen LogP contribution in [0.3, 0.4) is 0 Å². The van der Waals surface area contributed by atoms with Crippen molar-refractivity contribution < 1.29 is 4.92 Å². The first-order chi connectivity index (χ1) is 7.68. The molecule has 0 unspecified atom stereocenters. The van der Waals surface area contributed by atoms with E-state index in [2.05, 4.69) is 15.3 Å². The van der Waals surface area contributed by atoms with Crippen LogP contribution >= 0.6 is 11.6 Å². The lowest BCUT2D eigenvalue weighted by atomic mass is 10.3. The topological polar surface area (TPSA) is 81.0 Å². The van der Waals surface area contributed by atoms with E-state index in [0.29, 0.717) is 6.54 Å². The third-order valence-electron chi connectivity index (χ3n) is 2.50. The number of nitrogens with zero attached hydrogens (tertiary/aromatic N) is 3. The molecule has 1 heterocycles. The molecule has 1 aliphatic carbocycles. The fourth-order valence-electron chi connectivity index (χ4n) is 1.45. The first-order valence-corrected chi connectivity index (χ1v) is 5.45. The molecule has 1 aromatic rings. The fourth-order valence-corrected chi connectivity index (χ4v) is 1.65. The molecule has 0 saturated heterocycles. The molecular weight excluding hydrogens is 232 g/mol. The Morgan fingerprint density at radius 3 is 2.94 bits per heavy atom. The van der Waals surface area contributed by atoms with Crippen LogP contribution in [0.15, 0.2) is 6.33 Å². The number of aromatic nitrogens is 2. The predicted molar refractivity (Wildman–Crippen MR) is 59.5 cm³/mol. The van der Waals surface area contributed by atoms with Gasteiger partial charge < -0.3 is 5.32 Å². The van der Waals surface area contributed by atoms with Crippen molar-refractivity contribution in [1.29, 1.82) is 0 Å². The van der Waals surface area contributed by atoms with Gasteiger partial charge in [0.05, 0.1) is 4.92 Å². The van der Waals surface area contributed by atoms with E-state index in [1.165, 1.54) is 19.2 Å². The third-order valence-corrected chi connectivity index (χ3v) is 2.78. The van der Waals surface area contributed by atoms with Crippen molar-refractivity contribution >= 4 is 23.1 Å². The lowest BCUT2D eigenvalue weighted by Crippen LogP contribution is -2.07. The van der Waals surface area contributed by atoms with E-state index in [1.807, 2.05) is 0 Å². The quantitative estimate of drug-likeness (QED) is 0.487. The van der Waals surface area contributed by atoms with E-state index in [1.54, 1.807) is 0 Å². The van der Waals surface area contributed by atoms with Crippen LogP contribution in [0.1, 0.15) is 19.3 Å². The number of hydrogen-bond acceptors (Lipinski definition) is 5. The molecule has 0 aromatic carbocycles. The second kappa shape index (κ2) is 4.61. The molecule has 0 spiro atoms. The minimum Gasteiger partial charge on any atom is -0.364 e. The van der Waals surface area contributed by atoms with Gasteiger partial charge in [-0.2, -0.15) is 0 Å². The van der Waals surface area contributed by atoms with Crippen molar-refractivity contribution in [2.75, 3.05) is 11.9 Å². The van der Waals surface area contributed by atoms with Gasteiger partial charge in [-0.3, -0.25) is 10.1 Å². The van der Waals surface area contributed by atoms with Gasteiger partial charge in [0.15, 0.2) is 0 Å². The largest absolute Gasteiger partial charge is 0.364 e. The summed E-state index contributed by atoms with van der Waals surface area (Å²) in [6.45, 7) is 0.679. The van der Waals surface area contributed by atoms with Crippen molar-refractivity contribution in [2.24, 2.45) is 5.92 Å². The van der Waals surface area contributed by atoms with Crippen molar-refractivity contribution in [3.8, 4) is 0 Å². The van der Waals surface area contributed by atoms with Gasteiger partial charge in [-0.15, -0.1) is 0 Å². The standard InChI is InChI=1S/C9H11ClN4O2/c10-8-7(14(15)16)9(13-5-12-8)11-4-3-6-1-2-6/h5-6H,1-4H2,(H,11,12,13). The molecule has 0 aliphatic heterocycles. The van der Waals surface area contributed by atoms with Crippen molar-refractivity contribution in [2.45, 2.75) is 19.3 Å². The van der Waals surface area contributed by atoms with E-state index in [-0.39, 0.29) is 16.7 Å². The molecule has 1 N–H and O–H groups in total. The van der Waals surface area contributed by atoms with Gasteiger partial charge >= 0.3 is 5.69 Å². The average molecular weight is 243 g/mol. The number of halogens is 1. The highest BCUT2D eigenvalue weighted by molar-refractivity contribution is 6.31. The zero-order chi connectivity index (χ0) is 11.5. The summed E-state index contributed by atoms with van der Waals surface area (Å²) in [6.07, 6.45) is 4.75. The molecule has 7 heteroatoms. The monoisotopic (exact) mass is 242 g/mol. The summed E-state index contributed by atoms with van der Waals surface area (Å²) in [5.74, 6) is 0.967. The van der Waals surface area contributed by atoms with Crippen LogP contribution in [-0.2, 0) is 0 Å². The summed E-state index contributed by atoms with van der Waals surface area (Å²) >= 11 is 5.65. The highest BCUT2D eigenvalue weighted by atomic mass is 35.5. The maximum Gasteiger partial charge on any atom is 0.348 e. The van der Waals surface area contributed by atoms with Crippen LogP contribution in [0, 0.1) is 16.0 Å². The van der Waals surface area contributed by atoms with Crippen LogP contribution in [0.2, 0.25) is 5.15 Å². The van der Waals surface area contributed by atoms with Crippen LogP contribution in [0.25, 0.3) is 0 Å². The molecule has 0 amide bonds. The Kier molecular flexibility index (Phi) is 3.19. The molecule has 1 fully saturated rings. The molecule has 0 atom stereocenters. The average Bonchev–Trinajstić information content (AvgIpc) is 3.01. The van der Waals surface area contributed by atoms with Crippen LogP contribution in [-0.4, -0.2) is 21.4 Å². The van der Waals surface area contributed by atoms with Crippen LogP contribution in [0.4, 0.5) is 11.5 Å². The SMILES string of the molecule is O=[N+]([O-])c1c(Cl)ncnc1NCCC1CC1. The van der Waals surface area contributed by atoms with Crippen LogP contribution < -0.4 is 5.32 Å². The number of nitrogens with one attached hydrogen (secondary N) is 1. The Morgan fingerprint density at radius 2 is 2.31 bits per heavy atom. The highest BCUT2D eigenvalue weighted by Crippen LogP contribution is 2.33. The molecule has 0 bridgehead atoms. The minimum absolute atomic E-state index is 0.131. The van der Waals surface area contributed by atoms with Gasteiger partial charge in [0.2, 0.25) is 11.0 Å². The lowest BCUT2D eigenvalue weighted by molar-refractivity contribution is -0.384. The zero-order valence-corrected chi connectivity index (χ0v) is 9.28. The molecule has 1 aliphatic rings. The summed E-state index contributed by atoms with van der Waals surface area (Å²) in [7, 11) is 0. The minimum atomic E-state index is -0.568. The van der Waals surface area contributed by atoms with E-state index >= 15 is 0 Å². The second-order valence-electron chi connectivity index (χ2n) is 3.78. The summed E-state index contributed by atoms with van der Waals surface area (Å²) in [6, 6.07) is 0. The molecular formula is C9H11ClN4O2. The predicted octanol–water partition coefficient (Wildman–Crippen LogP) is 2.25. The van der Waals surface area contributed by atoms with Crippen molar-refractivity contribution in [3.63, 3.8) is 0 Å². The van der Waals surface area contributed by atoms with Gasteiger partial charge in [0.25, 0.3) is 0 Å². The Labute approximate surface area is 97.2 Å². The second-order valence-corrected chi connectivity index (χ2v) is 4.14. The Morgan fingerprint density at radius 1 is 1.56 bits per heavy atom. The number of hydrogen-bond donors (Lipinski definition) is 1. The number of nitro groups is 1. The first kappa shape index (κ1) is 11.1. The smallest absolute Gasteiger partial charge is 0.348 e. The molecule has 1 aromatic heterocycles. The fraction of sp³-hybridized carbons (Fsp3) is 0.556. The summed E-state index contributed by atoms with van der Waals surface area (Å²) in [5, 5.41) is 13.6. The highest BCUT2D eigenvalue weighted by Gasteiger charge is 2.23. The number of anilines is 1. The van der Waals surface area contributed by atoms with Gasteiger partial charge in [0.1, 0.15) is 6.33 Å². The maximum atomic E-state index is 10.8. The van der Waals surface area contributed by atoms with Crippen molar-refractivity contribution in [3.05, 3.63) is 21.6 Å². The van der Waals surface area contributed by atoms with Gasteiger partial charge in [0, 0.05) is 6.54 Å². The molecule has 6 nitrogen and oxygen atoms in total. The molecule has 0 radical (unpaired) electrons. The summed E-state index contributed by atoms with van der Waals surface area (Å²) < 4.78 is 0. The Bertz CT molecular complexity index is 408. The van der Waals surface area contributed by atoms with Crippen LogP contribution in [0.5, 0.6) is 0 Å². The van der Waals surface area contributed by atoms with E-state index in [0.717, 1.165) is 12.3 Å². The lowest BCUT2D eigenvalue weighted by Gasteiger charge is -2.05. The van der Waals surface area contributed by atoms with Crippen molar-refractivity contribution in [1.82, 2.24) is 9.97 Å². The molecule has 2 rings (SSSR count). The molecule has 86 valence electrons. The maximum absolute atomic E-state index is 10.8. The third kappa shape index (κ3) is 2.57. The Balaban J connectivity index is 2.05. The first-order valence-electron chi connectivity index (χ1n) is 5.07. The molecule has 1 saturated carbocycles. The normalized spacial score (nSPS) is 14.8. The summed E-state index contributed by atoms with van der Waals surface area (Å²) in [4.78, 5) is 17.6. The van der Waals surface area contributed by atoms with Gasteiger partial charge in [-0.1, -0.05) is 24.4 Å². The van der Waals surface area contributed by atoms with Gasteiger partial charge in [-0.05, 0) is 12.3 Å².